The second kappa shape index (κ2) is 8.71. The molecule has 34 heavy (non-hydrogen) atoms. The van der Waals surface area contributed by atoms with Gasteiger partial charge < -0.3 is 15.0 Å². The van der Waals surface area contributed by atoms with E-state index in [2.05, 4.69) is 25.3 Å². The first-order valence-corrected chi connectivity index (χ1v) is 11.1. The van der Waals surface area contributed by atoms with Crippen LogP contribution in [-0.2, 0) is 6.18 Å². The Bertz CT molecular complexity index is 1170. The number of nitrogens with one attached hydrogen (secondary N) is 1. The molecule has 1 aliphatic heterocycles. The smallest absolute Gasteiger partial charge is 0.433 e. The Labute approximate surface area is 195 Å². The maximum absolute atomic E-state index is 13.5. The SMILES string of the molecule is FC(F)COc1ccc(C(F)(F)F)n2nc(N[C@@H]3[C@@H]4CC[C@H]3CN(c3ccnc(Cl)c3)C4)nc12. The zero-order chi connectivity index (χ0) is 24.0. The Morgan fingerprint density at radius 2 is 1.88 bits per heavy atom. The molecule has 0 amide bonds. The number of fused-ring (bicyclic) bond motifs is 3. The van der Waals surface area contributed by atoms with Gasteiger partial charge in [0.15, 0.2) is 11.4 Å². The molecule has 2 fully saturated rings. The lowest BCUT2D eigenvalue weighted by molar-refractivity contribution is -0.142. The maximum Gasteiger partial charge on any atom is 0.433 e. The van der Waals surface area contributed by atoms with E-state index >= 15 is 0 Å². The van der Waals surface area contributed by atoms with Crippen molar-refractivity contribution >= 4 is 28.9 Å². The quantitative estimate of drug-likeness (QED) is 0.387. The first kappa shape index (κ1) is 22.9. The van der Waals surface area contributed by atoms with Crippen molar-refractivity contribution in [3.8, 4) is 5.75 Å². The Balaban J connectivity index is 1.40. The number of nitrogens with zero attached hydrogens (tertiary/aromatic N) is 5. The molecule has 3 aromatic rings. The molecular formula is C21H20ClF5N6O. The van der Waals surface area contributed by atoms with E-state index in [1.165, 1.54) is 0 Å². The molecule has 3 atom stereocenters. The molecule has 13 heteroatoms. The Kier molecular flexibility index (Phi) is 5.86. The molecule has 0 radical (unpaired) electrons. The predicted molar refractivity (Wildman–Crippen MR) is 115 cm³/mol. The van der Waals surface area contributed by atoms with Crippen LogP contribution in [0.15, 0.2) is 30.5 Å². The van der Waals surface area contributed by atoms with E-state index in [9.17, 15) is 22.0 Å². The Hall–Kier alpha value is -2.89. The summed E-state index contributed by atoms with van der Waals surface area (Å²) in [5, 5.41) is 7.63. The van der Waals surface area contributed by atoms with E-state index in [4.69, 9.17) is 16.3 Å². The fraction of sp³-hybridized carbons (Fsp3) is 0.476. The fourth-order valence-electron chi connectivity index (χ4n) is 4.89. The first-order chi connectivity index (χ1) is 16.2. The lowest BCUT2D eigenvalue weighted by atomic mass is 9.92. The number of pyridine rings is 2. The van der Waals surface area contributed by atoms with Crippen molar-refractivity contribution in [2.45, 2.75) is 31.5 Å². The van der Waals surface area contributed by atoms with Crippen molar-refractivity contribution < 1.29 is 26.7 Å². The number of aromatic nitrogens is 4. The number of alkyl halides is 5. The molecule has 2 aliphatic rings. The minimum atomic E-state index is -4.71. The molecule has 2 bridgehead atoms. The van der Waals surface area contributed by atoms with Crippen LogP contribution in [0.2, 0.25) is 5.15 Å². The molecule has 1 N–H and O–H groups in total. The summed E-state index contributed by atoms with van der Waals surface area (Å²) >= 11 is 6.02. The lowest BCUT2D eigenvalue weighted by Gasteiger charge is -2.39. The second-order valence-electron chi connectivity index (χ2n) is 8.46. The van der Waals surface area contributed by atoms with Crippen LogP contribution in [0.25, 0.3) is 5.65 Å². The molecule has 1 aliphatic carbocycles. The van der Waals surface area contributed by atoms with E-state index in [-0.39, 0.29) is 35.2 Å². The number of halogens is 6. The topological polar surface area (TPSA) is 67.6 Å². The van der Waals surface area contributed by atoms with Crippen LogP contribution in [-0.4, -0.2) is 51.7 Å². The highest BCUT2D eigenvalue weighted by atomic mass is 35.5. The van der Waals surface area contributed by atoms with Crippen LogP contribution in [0.4, 0.5) is 33.6 Å². The number of piperidine rings is 1. The summed E-state index contributed by atoms with van der Waals surface area (Å²) in [4.78, 5) is 10.4. The summed E-state index contributed by atoms with van der Waals surface area (Å²) in [5.74, 6) is 0.241. The average Bonchev–Trinajstić information content (AvgIpc) is 3.28. The summed E-state index contributed by atoms with van der Waals surface area (Å²) in [5.41, 5.74) is -0.370. The molecule has 0 spiro atoms. The predicted octanol–water partition coefficient (Wildman–Crippen LogP) is 4.77. The monoisotopic (exact) mass is 502 g/mol. The number of hydrogen-bond acceptors (Lipinski definition) is 6. The van der Waals surface area contributed by atoms with Crippen molar-refractivity contribution in [1.82, 2.24) is 19.6 Å². The van der Waals surface area contributed by atoms with Crippen LogP contribution in [0, 0.1) is 11.8 Å². The van der Waals surface area contributed by atoms with Gasteiger partial charge in [0.1, 0.15) is 17.5 Å². The van der Waals surface area contributed by atoms with Crippen molar-refractivity contribution in [1.29, 1.82) is 0 Å². The summed E-state index contributed by atoms with van der Waals surface area (Å²) in [6.45, 7) is 0.509. The van der Waals surface area contributed by atoms with Crippen LogP contribution < -0.4 is 15.0 Å². The summed E-state index contributed by atoms with van der Waals surface area (Å²) in [6, 6.07) is 5.39. The zero-order valence-corrected chi connectivity index (χ0v) is 18.4. The molecule has 0 aromatic carbocycles. The third-order valence-corrected chi connectivity index (χ3v) is 6.52. The van der Waals surface area contributed by atoms with Gasteiger partial charge in [0, 0.05) is 31.0 Å². The third kappa shape index (κ3) is 4.42. The second-order valence-corrected chi connectivity index (χ2v) is 8.85. The van der Waals surface area contributed by atoms with Crippen LogP contribution in [0.1, 0.15) is 18.5 Å². The standard InChI is InChI=1S/C21H20ClF5N6O/c22-16-7-13(5-6-28-16)32-8-11-1-2-12(9-32)18(11)29-20-30-19-14(34-10-17(23)24)3-4-15(21(25,26)27)33(19)31-20/h3-7,11-12,17-18H,1-2,8-10H2,(H,29,31)/t11-,12+,18-. The highest BCUT2D eigenvalue weighted by Gasteiger charge is 2.43. The molecule has 4 heterocycles. The van der Waals surface area contributed by atoms with Gasteiger partial charge in [-0.25, -0.2) is 18.3 Å². The maximum atomic E-state index is 13.5. The molecule has 182 valence electrons. The zero-order valence-electron chi connectivity index (χ0n) is 17.6. The minimum Gasteiger partial charge on any atom is -0.484 e. The minimum absolute atomic E-state index is 0.000836. The van der Waals surface area contributed by atoms with Gasteiger partial charge in [0.25, 0.3) is 6.43 Å². The van der Waals surface area contributed by atoms with Gasteiger partial charge in [-0.2, -0.15) is 18.2 Å². The lowest BCUT2D eigenvalue weighted by Crippen LogP contribution is -2.48. The number of rotatable bonds is 6. The van der Waals surface area contributed by atoms with Gasteiger partial charge in [0.05, 0.1) is 0 Å². The molecular weight excluding hydrogens is 483 g/mol. The number of ether oxygens (including phenoxy) is 1. The summed E-state index contributed by atoms with van der Waals surface area (Å²) < 4.78 is 71.3. The Morgan fingerprint density at radius 3 is 2.53 bits per heavy atom. The van der Waals surface area contributed by atoms with Crippen molar-refractivity contribution in [2.24, 2.45) is 11.8 Å². The molecule has 0 unspecified atom stereocenters. The molecule has 3 aromatic heterocycles. The van der Waals surface area contributed by atoms with Crippen molar-refractivity contribution in [2.75, 3.05) is 29.9 Å². The van der Waals surface area contributed by atoms with Crippen molar-refractivity contribution in [3.05, 3.63) is 41.3 Å². The fourth-order valence-corrected chi connectivity index (χ4v) is 5.06. The van der Waals surface area contributed by atoms with Gasteiger partial charge in [0.2, 0.25) is 5.95 Å². The largest absolute Gasteiger partial charge is 0.484 e. The van der Waals surface area contributed by atoms with Crippen LogP contribution in [0.5, 0.6) is 5.75 Å². The van der Waals surface area contributed by atoms with E-state index in [0.717, 1.165) is 43.8 Å². The van der Waals surface area contributed by atoms with Crippen LogP contribution in [0.3, 0.4) is 0 Å². The van der Waals surface area contributed by atoms with E-state index in [0.29, 0.717) is 9.67 Å². The normalized spacial score (nSPS) is 22.6. The Morgan fingerprint density at radius 1 is 1.15 bits per heavy atom. The van der Waals surface area contributed by atoms with Crippen LogP contribution >= 0.6 is 11.6 Å². The highest BCUT2D eigenvalue weighted by molar-refractivity contribution is 6.29. The molecule has 1 saturated carbocycles. The average molecular weight is 503 g/mol. The third-order valence-electron chi connectivity index (χ3n) is 6.31. The molecule has 1 saturated heterocycles. The first-order valence-electron chi connectivity index (χ1n) is 10.7. The number of hydrogen-bond donors (Lipinski definition) is 1. The highest BCUT2D eigenvalue weighted by Crippen LogP contribution is 2.40. The van der Waals surface area contributed by atoms with Gasteiger partial charge in [-0.05, 0) is 48.9 Å². The van der Waals surface area contributed by atoms with Gasteiger partial charge in [-0.1, -0.05) is 11.6 Å². The van der Waals surface area contributed by atoms with E-state index in [1.54, 1.807) is 12.3 Å². The van der Waals surface area contributed by atoms with E-state index < -0.39 is 24.9 Å². The van der Waals surface area contributed by atoms with Gasteiger partial charge >= 0.3 is 6.18 Å². The van der Waals surface area contributed by atoms with E-state index in [1.807, 2.05) is 6.07 Å². The molecule has 7 nitrogen and oxygen atoms in total. The number of anilines is 2. The van der Waals surface area contributed by atoms with Crippen molar-refractivity contribution in [3.63, 3.8) is 0 Å². The summed E-state index contributed by atoms with van der Waals surface area (Å²) in [6.07, 6.45) is -3.95. The van der Waals surface area contributed by atoms with Gasteiger partial charge in [-0.15, -0.1) is 5.10 Å². The van der Waals surface area contributed by atoms with Gasteiger partial charge in [-0.3, -0.25) is 0 Å². The summed E-state index contributed by atoms with van der Waals surface area (Å²) in [7, 11) is 0. The molecule has 5 rings (SSSR count).